The summed E-state index contributed by atoms with van der Waals surface area (Å²) in [6, 6.07) is 17.9. The molecule has 10 heteroatoms. The fourth-order valence-electron chi connectivity index (χ4n) is 3.50. The number of benzene rings is 3. The fourth-order valence-corrected chi connectivity index (χ4v) is 3.50. The lowest BCUT2D eigenvalue weighted by Gasteiger charge is -2.20. The predicted molar refractivity (Wildman–Crippen MR) is 140 cm³/mol. The molecule has 0 heterocycles. The van der Waals surface area contributed by atoms with Crippen molar-refractivity contribution in [3.8, 4) is 0 Å². The number of hydrogen-bond acceptors (Lipinski definition) is 6. The minimum Gasteiger partial charge on any atom is -0.478 e. The van der Waals surface area contributed by atoms with Gasteiger partial charge in [0, 0.05) is 23.5 Å². The average molecular weight is 504 g/mol. The molecule has 0 saturated heterocycles. The molecule has 0 spiro atoms. The van der Waals surface area contributed by atoms with Crippen molar-refractivity contribution in [2.75, 3.05) is 31.3 Å². The van der Waals surface area contributed by atoms with Gasteiger partial charge in [-0.1, -0.05) is 24.3 Å². The normalized spacial score (nSPS) is 11.5. The maximum atomic E-state index is 13.3. The van der Waals surface area contributed by atoms with E-state index in [0.717, 1.165) is 5.56 Å². The number of rotatable bonds is 10. The lowest BCUT2D eigenvalue weighted by atomic mass is 10.0. The number of nitrogens with zero attached hydrogens (tertiary/aromatic N) is 1. The lowest BCUT2D eigenvalue weighted by Crippen LogP contribution is -2.37. The Morgan fingerprint density at radius 2 is 1.51 bits per heavy atom. The summed E-state index contributed by atoms with van der Waals surface area (Å²) in [7, 11) is 3.55. The van der Waals surface area contributed by atoms with Gasteiger partial charge < -0.3 is 31.7 Å². The summed E-state index contributed by atoms with van der Waals surface area (Å²) in [5.41, 5.74) is 8.17. The average Bonchev–Trinajstić information content (AvgIpc) is 2.87. The summed E-state index contributed by atoms with van der Waals surface area (Å²) in [6.45, 7) is 0.510. The number of amides is 3. The van der Waals surface area contributed by atoms with E-state index in [1.807, 2.05) is 0 Å². The summed E-state index contributed by atoms with van der Waals surface area (Å²) in [6.07, 6.45) is 0. The molecule has 3 aromatic rings. The summed E-state index contributed by atoms with van der Waals surface area (Å²) >= 11 is 0. The van der Waals surface area contributed by atoms with Crippen molar-refractivity contribution >= 4 is 35.1 Å². The Hall–Kier alpha value is -4.54. The van der Waals surface area contributed by atoms with E-state index in [0.29, 0.717) is 29.0 Å². The van der Waals surface area contributed by atoms with Crippen LogP contribution in [0, 0.1) is 0 Å². The number of anilines is 2. The van der Waals surface area contributed by atoms with Gasteiger partial charge in [-0.3, -0.25) is 14.4 Å². The van der Waals surface area contributed by atoms with E-state index in [-0.39, 0.29) is 18.0 Å². The third-order valence-electron chi connectivity index (χ3n) is 5.35. The number of carbonyl (C=O) groups is 4. The number of carbonyl (C=O) groups excluding carboxylic acids is 3. The molecule has 6 N–H and O–H groups in total. The van der Waals surface area contributed by atoms with Crippen molar-refractivity contribution in [2.24, 2.45) is 5.73 Å². The van der Waals surface area contributed by atoms with Crippen LogP contribution >= 0.6 is 0 Å². The first-order chi connectivity index (χ1) is 17.7. The minimum atomic E-state index is -1.12. The van der Waals surface area contributed by atoms with Gasteiger partial charge in [-0.2, -0.15) is 0 Å². The minimum absolute atomic E-state index is 0.0740. The third kappa shape index (κ3) is 7.72. The molecule has 0 aliphatic heterocycles. The van der Waals surface area contributed by atoms with Crippen LogP contribution in [0.2, 0.25) is 0 Å². The molecule has 0 fully saturated rings. The summed E-state index contributed by atoms with van der Waals surface area (Å²) in [5.74, 6) is -2.35. The third-order valence-corrected chi connectivity index (χ3v) is 5.35. The first kappa shape index (κ1) is 27.1. The van der Waals surface area contributed by atoms with E-state index >= 15 is 0 Å². The number of carboxylic acid groups (broad SMARTS) is 1. The summed E-state index contributed by atoms with van der Waals surface area (Å²) < 4.78 is 0. The number of nitrogens with two attached hydrogens (primary N) is 1. The van der Waals surface area contributed by atoms with Crippen LogP contribution in [0.25, 0.3) is 0 Å². The van der Waals surface area contributed by atoms with E-state index < -0.39 is 23.8 Å². The van der Waals surface area contributed by atoms with Crippen LogP contribution in [-0.2, 0) is 16.1 Å². The van der Waals surface area contributed by atoms with E-state index in [4.69, 9.17) is 10.8 Å². The Bertz CT molecular complexity index is 1270. The van der Waals surface area contributed by atoms with Crippen LogP contribution in [0.3, 0.4) is 0 Å². The number of likely N-dealkylation sites (N-methyl/N-ethyl adjacent to an activating group) is 1. The molecule has 0 saturated carbocycles. The van der Waals surface area contributed by atoms with Crippen LogP contribution in [0.5, 0.6) is 0 Å². The summed E-state index contributed by atoms with van der Waals surface area (Å²) in [4.78, 5) is 51.4. The van der Waals surface area contributed by atoms with Gasteiger partial charge in [0.15, 0.2) is 0 Å². The monoisotopic (exact) mass is 503 g/mol. The Labute approximate surface area is 214 Å². The molecule has 1 atom stereocenters. The number of aromatic carboxylic acids is 1. The largest absolute Gasteiger partial charge is 0.478 e. The molecular formula is C27H29N5O5. The van der Waals surface area contributed by atoms with E-state index in [1.165, 1.54) is 24.3 Å². The molecule has 37 heavy (non-hydrogen) atoms. The smallest absolute Gasteiger partial charge is 0.335 e. The first-order valence-corrected chi connectivity index (χ1v) is 11.4. The van der Waals surface area contributed by atoms with Crippen LogP contribution in [0.1, 0.15) is 37.9 Å². The second-order valence-corrected chi connectivity index (χ2v) is 8.59. The number of carboxylic acids is 1. The zero-order chi connectivity index (χ0) is 26.9. The number of hydrogen-bond donors (Lipinski definition) is 5. The molecule has 3 rings (SSSR count). The van der Waals surface area contributed by atoms with Crippen molar-refractivity contribution in [1.29, 1.82) is 0 Å². The van der Waals surface area contributed by atoms with Crippen molar-refractivity contribution < 1.29 is 24.3 Å². The molecular weight excluding hydrogens is 474 g/mol. The van der Waals surface area contributed by atoms with Crippen molar-refractivity contribution in [3.05, 3.63) is 95.1 Å². The predicted octanol–water partition coefficient (Wildman–Crippen LogP) is 2.45. The Morgan fingerprint density at radius 3 is 2.11 bits per heavy atom. The van der Waals surface area contributed by atoms with Crippen LogP contribution in [0.4, 0.5) is 11.4 Å². The maximum absolute atomic E-state index is 13.3. The Balaban J connectivity index is 1.87. The van der Waals surface area contributed by atoms with E-state index in [1.54, 1.807) is 67.5 Å². The van der Waals surface area contributed by atoms with Gasteiger partial charge in [0.25, 0.3) is 11.8 Å². The SMILES string of the molecule is CN(C)CC(=O)Nc1cccc([C@H](NC(=O)c2ccc(CN)cc2)C(=O)Nc2ccc(C(=O)O)cc2)c1. The van der Waals surface area contributed by atoms with Gasteiger partial charge in [-0.15, -0.1) is 0 Å². The molecule has 0 aliphatic carbocycles. The van der Waals surface area contributed by atoms with E-state index in [9.17, 15) is 19.2 Å². The summed E-state index contributed by atoms with van der Waals surface area (Å²) in [5, 5.41) is 17.3. The molecule has 0 bridgehead atoms. The Kier molecular flexibility index (Phi) is 9.09. The van der Waals surface area contributed by atoms with Gasteiger partial charge in [0.1, 0.15) is 6.04 Å². The Morgan fingerprint density at radius 1 is 0.865 bits per heavy atom. The zero-order valence-electron chi connectivity index (χ0n) is 20.5. The maximum Gasteiger partial charge on any atom is 0.335 e. The van der Waals surface area contributed by atoms with E-state index in [2.05, 4.69) is 16.0 Å². The lowest BCUT2D eigenvalue weighted by molar-refractivity contribution is -0.118. The highest BCUT2D eigenvalue weighted by atomic mass is 16.4. The molecule has 3 aromatic carbocycles. The van der Waals surface area contributed by atoms with Crippen molar-refractivity contribution in [1.82, 2.24) is 10.2 Å². The van der Waals surface area contributed by atoms with Gasteiger partial charge >= 0.3 is 5.97 Å². The number of nitrogens with one attached hydrogen (secondary N) is 3. The van der Waals surface area contributed by atoms with Gasteiger partial charge in [0.05, 0.1) is 12.1 Å². The van der Waals surface area contributed by atoms with Gasteiger partial charge in [-0.05, 0) is 73.8 Å². The van der Waals surface area contributed by atoms with Crippen LogP contribution < -0.4 is 21.7 Å². The van der Waals surface area contributed by atoms with Crippen LogP contribution in [-0.4, -0.2) is 54.3 Å². The van der Waals surface area contributed by atoms with Gasteiger partial charge in [-0.25, -0.2) is 4.79 Å². The standard InChI is InChI=1S/C27H29N5O5/c1-32(2)16-23(33)29-22-5-3-4-20(14-22)24(31-25(34)18-8-6-17(15-28)7-9-18)26(35)30-21-12-10-19(11-13-21)27(36)37/h3-14,24H,15-16,28H2,1-2H3,(H,29,33)(H,30,35)(H,31,34)(H,36,37)/t24-/m0/s1. The molecule has 10 nitrogen and oxygen atoms in total. The van der Waals surface area contributed by atoms with Crippen LogP contribution in [0.15, 0.2) is 72.8 Å². The highest BCUT2D eigenvalue weighted by Gasteiger charge is 2.24. The quantitative estimate of drug-likeness (QED) is 0.285. The molecule has 192 valence electrons. The fraction of sp³-hybridized carbons (Fsp3) is 0.185. The van der Waals surface area contributed by atoms with Crippen molar-refractivity contribution in [3.63, 3.8) is 0 Å². The molecule has 0 aromatic heterocycles. The molecule has 0 aliphatic rings. The highest BCUT2D eigenvalue weighted by Crippen LogP contribution is 2.21. The molecule has 3 amide bonds. The second-order valence-electron chi connectivity index (χ2n) is 8.59. The highest BCUT2D eigenvalue weighted by molar-refractivity contribution is 6.02. The van der Waals surface area contributed by atoms with Gasteiger partial charge in [0.2, 0.25) is 5.91 Å². The molecule has 0 radical (unpaired) electrons. The second kappa shape index (κ2) is 12.4. The first-order valence-electron chi connectivity index (χ1n) is 11.4. The topological polar surface area (TPSA) is 154 Å². The molecule has 0 unspecified atom stereocenters. The zero-order valence-corrected chi connectivity index (χ0v) is 20.5. The van der Waals surface area contributed by atoms with Crippen molar-refractivity contribution in [2.45, 2.75) is 12.6 Å².